The summed E-state index contributed by atoms with van der Waals surface area (Å²) in [5.41, 5.74) is 1.80. The van der Waals surface area contributed by atoms with Gasteiger partial charge in [-0.1, -0.05) is 54.6 Å². The number of rotatable bonds is 12. The molecule has 7 heteroatoms. The molecule has 0 spiro atoms. The second kappa shape index (κ2) is 12.3. The molecule has 1 heterocycles. The van der Waals surface area contributed by atoms with Crippen LogP contribution in [0.15, 0.2) is 78.9 Å². The van der Waals surface area contributed by atoms with Gasteiger partial charge in [0.05, 0.1) is 40.6 Å². The van der Waals surface area contributed by atoms with Crippen LogP contribution in [0.25, 0.3) is 0 Å². The molecule has 0 amide bonds. The van der Waals surface area contributed by atoms with Gasteiger partial charge in [0.15, 0.2) is 0 Å². The van der Waals surface area contributed by atoms with Crippen LogP contribution in [0.3, 0.4) is 0 Å². The molecule has 1 aliphatic rings. The van der Waals surface area contributed by atoms with Crippen LogP contribution in [-0.4, -0.2) is 71.2 Å². The van der Waals surface area contributed by atoms with Crippen LogP contribution in [0, 0.1) is 0 Å². The standard InChI is InChI=1S/C29H34O7/c1-31-17-18-34-26-19-35-27(28(26)30)20-36-29(21-7-5-4-6-8-21,22-9-13-24(32-2)14-10-22)23-11-15-25(33-3)16-12-23/h4-16,26-28,30H,17-20H2,1-3H3/t26-,27-,28-/m1/s1. The van der Waals surface area contributed by atoms with Crippen LogP contribution in [0.5, 0.6) is 11.5 Å². The van der Waals surface area contributed by atoms with Gasteiger partial charge in [0, 0.05) is 7.11 Å². The zero-order valence-corrected chi connectivity index (χ0v) is 21.0. The normalized spacial score (nSPS) is 19.8. The molecule has 3 aromatic carbocycles. The molecule has 0 saturated carbocycles. The third-order valence-electron chi connectivity index (χ3n) is 6.49. The zero-order valence-electron chi connectivity index (χ0n) is 21.0. The fourth-order valence-electron chi connectivity index (χ4n) is 4.51. The Bertz CT molecular complexity index is 1010. The summed E-state index contributed by atoms with van der Waals surface area (Å²) in [7, 11) is 4.90. The summed E-state index contributed by atoms with van der Waals surface area (Å²) in [4.78, 5) is 0. The average Bonchev–Trinajstić information content (AvgIpc) is 3.29. The van der Waals surface area contributed by atoms with Gasteiger partial charge in [-0.25, -0.2) is 0 Å². The molecule has 0 aliphatic carbocycles. The minimum Gasteiger partial charge on any atom is -0.497 e. The van der Waals surface area contributed by atoms with Crippen LogP contribution in [0.1, 0.15) is 16.7 Å². The molecule has 192 valence electrons. The number of ether oxygens (including phenoxy) is 6. The Morgan fingerprint density at radius 3 is 1.86 bits per heavy atom. The largest absolute Gasteiger partial charge is 0.497 e. The van der Waals surface area contributed by atoms with Gasteiger partial charge in [0.2, 0.25) is 0 Å². The fraction of sp³-hybridized carbons (Fsp3) is 0.379. The summed E-state index contributed by atoms with van der Waals surface area (Å²) >= 11 is 0. The Morgan fingerprint density at radius 1 is 0.778 bits per heavy atom. The average molecular weight is 495 g/mol. The van der Waals surface area contributed by atoms with Gasteiger partial charge in [0.1, 0.15) is 35.4 Å². The maximum absolute atomic E-state index is 10.9. The smallest absolute Gasteiger partial charge is 0.143 e. The minimum atomic E-state index is -0.974. The molecule has 0 unspecified atom stereocenters. The molecule has 4 rings (SSSR count). The zero-order chi connectivity index (χ0) is 25.4. The van der Waals surface area contributed by atoms with Gasteiger partial charge in [0.25, 0.3) is 0 Å². The van der Waals surface area contributed by atoms with E-state index in [1.807, 2.05) is 78.9 Å². The Hall–Kier alpha value is -2.94. The molecule has 1 saturated heterocycles. The van der Waals surface area contributed by atoms with Crippen molar-refractivity contribution in [2.75, 3.05) is 47.8 Å². The third kappa shape index (κ3) is 5.56. The van der Waals surface area contributed by atoms with Crippen LogP contribution in [0.4, 0.5) is 0 Å². The summed E-state index contributed by atoms with van der Waals surface area (Å²) in [6.07, 6.45) is -1.79. The molecule has 36 heavy (non-hydrogen) atoms. The number of hydrogen-bond donors (Lipinski definition) is 1. The highest BCUT2D eigenvalue weighted by Gasteiger charge is 2.42. The predicted octanol–water partition coefficient (Wildman–Crippen LogP) is 3.80. The van der Waals surface area contributed by atoms with Crippen molar-refractivity contribution >= 4 is 0 Å². The van der Waals surface area contributed by atoms with Gasteiger partial charge in [-0.3, -0.25) is 0 Å². The van der Waals surface area contributed by atoms with Gasteiger partial charge in [-0.2, -0.15) is 0 Å². The quantitative estimate of drug-likeness (QED) is 0.303. The lowest BCUT2D eigenvalue weighted by atomic mass is 9.80. The number of hydrogen-bond acceptors (Lipinski definition) is 7. The van der Waals surface area contributed by atoms with Crippen molar-refractivity contribution in [3.05, 3.63) is 95.6 Å². The predicted molar refractivity (Wildman–Crippen MR) is 136 cm³/mol. The molecular weight excluding hydrogens is 460 g/mol. The highest BCUT2D eigenvalue weighted by atomic mass is 16.6. The highest BCUT2D eigenvalue weighted by molar-refractivity contribution is 5.49. The summed E-state index contributed by atoms with van der Waals surface area (Å²) in [5.74, 6) is 1.50. The molecule has 7 nitrogen and oxygen atoms in total. The first kappa shape index (κ1) is 26.1. The Labute approximate surface area is 212 Å². The van der Waals surface area contributed by atoms with E-state index in [-0.39, 0.29) is 6.61 Å². The molecule has 3 aromatic rings. The number of aliphatic hydroxyl groups is 1. The Morgan fingerprint density at radius 2 is 1.33 bits per heavy atom. The molecular formula is C29H34O7. The summed E-state index contributed by atoms with van der Waals surface area (Å²) < 4.78 is 34.3. The van der Waals surface area contributed by atoms with Crippen molar-refractivity contribution < 1.29 is 33.5 Å². The van der Waals surface area contributed by atoms with E-state index in [2.05, 4.69) is 0 Å². The number of benzene rings is 3. The van der Waals surface area contributed by atoms with Gasteiger partial charge >= 0.3 is 0 Å². The van der Waals surface area contributed by atoms with E-state index >= 15 is 0 Å². The third-order valence-corrected chi connectivity index (χ3v) is 6.49. The Kier molecular flexibility index (Phi) is 8.96. The van der Waals surface area contributed by atoms with Crippen LogP contribution in [0.2, 0.25) is 0 Å². The summed E-state index contributed by atoms with van der Waals surface area (Å²) in [6.45, 7) is 1.29. The highest BCUT2D eigenvalue weighted by Crippen LogP contribution is 2.42. The van der Waals surface area contributed by atoms with Gasteiger partial charge < -0.3 is 33.5 Å². The minimum absolute atomic E-state index is 0.151. The van der Waals surface area contributed by atoms with E-state index in [1.165, 1.54) is 0 Å². The summed E-state index contributed by atoms with van der Waals surface area (Å²) in [5, 5.41) is 10.9. The Balaban J connectivity index is 1.71. The van der Waals surface area contributed by atoms with Crippen LogP contribution >= 0.6 is 0 Å². The van der Waals surface area contributed by atoms with Crippen LogP contribution in [-0.2, 0) is 24.5 Å². The van der Waals surface area contributed by atoms with Crippen molar-refractivity contribution in [2.45, 2.75) is 23.9 Å². The molecule has 0 aromatic heterocycles. The number of aliphatic hydroxyl groups excluding tert-OH is 1. The molecule has 1 fully saturated rings. The van der Waals surface area contributed by atoms with E-state index in [4.69, 9.17) is 28.4 Å². The van der Waals surface area contributed by atoms with Crippen LogP contribution < -0.4 is 9.47 Å². The maximum Gasteiger partial charge on any atom is 0.143 e. The monoisotopic (exact) mass is 494 g/mol. The molecule has 0 radical (unpaired) electrons. The lowest BCUT2D eigenvalue weighted by Gasteiger charge is -2.37. The first-order valence-corrected chi connectivity index (χ1v) is 12.0. The van der Waals surface area contributed by atoms with Gasteiger partial charge in [-0.05, 0) is 41.0 Å². The van der Waals surface area contributed by atoms with E-state index in [1.54, 1.807) is 21.3 Å². The van der Waals surface area contributed by atoms with Crippen molar-refractivity contribution in [3.8, 4) is 11.5 Å². The van der Waals surface area contributed by atoms with Crippen molar-refractivity contribution in [3.63, 3.8) is 0 Å². The van der Waals surface area contributed by atoms with Gasteiger partial charge in [-0.15, -0.1) is 0 Å². The SMILES string of the molecule is COCCO[C@@H]1CO[C@H](COC(c2ccccc2)(c2ccc(OC)cc2)c2ccc(OC)cc2)[C@@H]1O. The second-order valence-corrected chi connectivity index (χ2v) is 8.58. The lowest BCUT2D eigenvalue weighted by Crippen LogP contribution is -2.40. The van der Waals surface area contributed by atoms with Crippen molar-refractivity contribution in [2.24, 2.45) is 0 Å². The summed E-state index contributed by atoms with van der Waals surface area (Å²) in [6, 6.07) is 25.7. The first-order valence-electron chi connectivity index (χ1n) is 12.0. The van der Waals surface area contributed by atoms with E-state index in [0.29, 0.717) is 19.8 Å². The van der Waals surface area contributed by atoms with E-state index in [9.17, 15) is 5.11 Å². The molecule has 0 bridgehead atoms. The lowest BCUT2D eigenvalue weighted by molar-refractivity contribution is -0.0770. The second-order valence-electron chi connectivity index (χ2n) is 8.58. The van der Waals surface area contributed by atoms with Crippen molar-refractivity contribution in [1.82, 2.24) is 0 Å². The first-order chi connectivity index (χ1) is 17.6. The fourth-order valence-corrected chi connectivity index (χ4v) is 4.51. The van der Waals surface area contributed by atoms with E-state index < -0.39 is 23.9 Å². The topological polar surface area (TPSA) is 75.6 Å². The van der Waals surface area contributed by atoms with E-state index in [0.717, 1.165) is 28.2 Å². The molecule has 1 N–H and O–H groups in total. The molecule has 3 atom stereocenters. The number of methoxy groups -OCH3 is 3. The maximum atomic E-state index is 10.9. The van der Waals surface area contributed by atoms with Crippen molar-refractivity contribution in [1.29, 1.82) is 0 Å². The molecule has 1 aliphatic heterocycles.